The van der Waals surface area contributed by atoms with Crippen LogP contribution in [0, 0.1) is 17.8 Å². The summed E-state index contributed by atoms with van der Waals surface area (Å²) in [7, 11) is 0. The monoisotopic (exact) mass is 286 g/mol. The van der Waals surface area contributed by atoms with Crippen LogP contribution in [0.4, 0.5) is 0 Å². The minimum atomic E-state index is -0.160. The molecule has 3 rings (SSSR count). The molecule has 1 aromatic rings. The standard InChI is InChI=1S/C20H30O/c1-15-12-16(2)14-17(13-15)19(21)20(10-6-7-11-20)18-8-4-3-5-9-18/h3-5,8-9,15-17,19,21H,6-7,10-14H2,1-2H3. The normalized spacial score (nSPS) is 33.8. The summed E-state index contributed by atoms with van der Waals surface area (Å²) < 4.78 is 0. The largest absolute Gasteiger partial charge is 0.392 e. The molecule has 3 atom stereocenters. The van der Waals surface area contributed by atoms with Gasteiger partial charge in [0.15, 0.2) is 0 Å². The molecule has 116 valence electrons. The van der Waals surface area contributed by atoms with Crippen LogP contribution in [-0.2, 0) is 5.41 Å². The molecule has 0 aliphatic heterocycles. The minimum Gasteiger partial charge on any atom is -0.392 e. The summed E-state index contributed by atoms with van der Waals surface area (Å²) >= 11 is 0. The molecule has 1 heteroatoms. The van der Waals surface area contributed by atoms with Crippen molar-refractivity contribution in [1.29, 1.82) is 0 Å². The molecule has 0 bridgehead atoms. The average molecular weight is 286 g/mol. The number of hydrogen-bond acceptors (Lipinski definition) is 1. The fourth-order valence-electron chi connectivity index (χ4n) is 5.25. The Morgan fingerprint density at radius 1 is 0.952 bits per heavy atom. The highest BCUT2D eigenvalue weighted by Gasteiger charge is 2.46. The average Bonchev–Trinajstić information content (AvgIpc) is 2.97. The van der Waals surface area contributed by atoms with Crippen molar-refractivity contribution in [2.45, 2.75) is 70.3 Å². The lowest BCUT2D eigenvalue weighted by molar-refractivity contribution is -0.00366. The van der Waals surface area contributed by atoms with E-state index in [0.29, 0.717) is 5.92 Å². The predicted octanol–water partition coefficient (Wildman–Crippen LogP) is 4.93. The van der Waals surface area contributed by atoms with Gasteiger partial charge in [-0.3, -0.25) is 0 Å². The quantitative estimate of drug-likeness (QED) is 0.835. The molecule has 21 heavy (non-hydrogen) atoms. The Labute approximate surface area is 129 Å². The summed E-state index contributed by atoms with van der Waals surface area (Å²) in [5, 5.41) is 11.3. The van der Waals surface area contributed by atoms with E-state index in [1.807, 2.05) is 0 Å². The van der Waals surface area contributed by atoms with Crippen LogP contribution in [0.1, 0.15) is 64.4 Å². The van der Waals surface area contributed by atoms with Gasteiger partial charge in [-0.15, -0.1) is 0 Å². The number of rotatable bonds is 3. The van der Waals surface area contributed by atoms with Crippen LogP contribution >= 0.6 is 0 Å². The summed E-state index contributed by atoms with van der Waals surface area (Å²) in [6.07, 6.45) is 8.46. The van der Waals surface area contributed by atoms with E-state index in [9.17, 15) is 5.11 Å². The summed E-state index contributed by atoms with van der Waals surface area (Å²) in [6, 6.07) is 10.8. The van der Waals surface area contributed by atoms with Gasteiger partial charge in [-0.2, -0.15) is 0 Å². The summed E-state index contributed by atoms with van der Waals surface area (Å²) in [4.78, 5) is 0. The van der Waals surface area contributed by atoms with Crippen LogP contribution in [0.25, 0.3) is 0 Å². The molecule has 3 unspecified atom stereocenters. The van der Waals surface area contributed by atoms with Gasteiger partial charge in [0.1, 0.15) is 0 Å². The maximum Gasteiger partial charge on any atom is 0.0665 e. The highest BCUT2D eigenvalue weighted by atomic mass is 16.3. The zero-order chi connectivity index (χ0) is 14.9. The van der Waals surface area contributed by atoms with Crippen molar-refractivity contribution in [3.8, 4) is 0 Å². The van der Waals surface area contributed by atoms with Crippen molar-refractivity contribution in [2.75, 3.05) is 0 Å². The maximum absolute atomic E-state index is 11.3. The van der Waals surface area contributed by atoms with Crippen LogP contribution < -0.4 is 0 Å². The molecular weight excluding hydrogens is 256 g/mol. The van der Waals surface area contributed by atoms with Gasteiger partial charge < -0.3 is 5.11 Å². The first-order valence-corrected chi connectivity index (χ1v) is 8.85. The Morgan fingerprint density at radius 2 is 1.52 bits per heavy atom. The molecule has 0 amide bonds. The first-order chi connectivity index (χ1) is 10.1. The predicted molar refractivity (Wildman–Crippen MR) is 88.3 cm³/mol. The van der Waals surface area contributed by atoms with Gasteiger partial charge in [-0.05, 0) is 55.4 Å². The Hall–Kier alpha value is -0.820. The number of hydrogen-bond donors (Lipinski definition) is 1. The second-order valence-electron chi connectivity index (χ2n) is 7.85. The second kappa shape index (κ2) is 6.12. The Morgan fingerprint density at radius 3 is 2.10 bits per heavy atom. The van der Waals surface area contributed by atoms with E-state index in [0.717, 1.165) is 24.7 Å². The maximum atomic E-state index is 11.3. The molecular formula is C20H30O. The summed E-state index contributed by atoms with van der Waals surface area (Å²) in [5.41, 5.74) is 1.41. The number of aliphatic hydroxyl groups excluding tert-OH is 1. The number of aliphatic hydroxyl groups is 1. The smallest absolute Gasteiger partial charge is 0.0665 e. The summed E-state index contributed by atoms with van der Waals surface area (Å²) in [6.45, 7) is 4.72. The van der Waals surface area contributed by atoms with Gasteiger partial charge in [0.25, 0.3) is 0 Å². The van der Waals surface area contributed by atoms with Crippen molar-refractivity contribution in [3.63, 3.8) is 0 Å². The van der Waals surface area contributed by atoms with Crippen LogP contribution in [-0.4, -0.2) is 11.2 Å². The van der Waals surface area contributed by atoms with E-state index in [-0.39, 0.29) is 11.5 Å². The van der Waals surface area contributed by atoms with Gasteiger partial charge in [-0.25, -0.2) is 0 Å². The van der Waals surface area contributed by atoms with E-state index >= 15 is 0 Å². The lowest BCUT2D eigenvalue weighted by Gasteiger charge is -2.43. The van der Waals surface area contributed by atoms with E-state index in [4.69, 9.17) is 0 Å². The van der Waals surface area contributed by atoms with Gasteiger partial charge in [-0.1, -0.05) is 57.0 Å². The zero-order valence-electron chi connectivity index (χ0n) is 13.6. The third kappa shape index (κ3) is 2.90. The third-order valence-corrected chi connectivity index (χ3v) is 6.07. The zero-order valence-corrected chi connectivity index (χ0v) is 13.6. The second-order valence-corrected chi connectivity index (χ2v) is 7.85. The molecule has 1 nitrogen and oxygen atoms in total. The lowest BCUT2D eigenvalue weighted by atomic mass is 9.64. The minimum absolute atomic E-state index is 0.0305. The summed E-state index contributed by atoms with van der Waals surface area (Å²) in [5.74, 6) is 2.02. The Bertz CT molecular complexity index is 436. The highest BCUT2D eigenvalue weighted by Crippen LogP contribution is 2.49. The molecule has 2 fully saturated rings. The fourth-order valence-corrected chi connectivity index (χ4v) is 5.25. The molecule has 0 aromatic heterocycles. The third-order valence-electron chi connectivity index (χ3n) is 6.07. The van der Waals surface area contributed by atoms with Crippen molar-refractivity contribution >= 4 is 0 Å². The molecule has 2 saturated carbocycles. The molecule has 1 aromatic carbocycles. The lowest BCUT2D eigenvalue weighted by Crippen LogP contribution is -2.44. The Kier molecular flexibility index (Phi) is 4.40. The van der Waals surface area contributed by atoms with Gasteiger partial charge in [0.2, 0.25) is 0 Å². The topological polar surface area (TPSA) is 20.2 Å². The first-order valence-electron chi connectivity index (χ1n) is 8.85. The van der Waals surface area contributed by atoms with Crippen LogP contribution in [0.15, 0.2) is 30.3 Å². The first kappa shape index (κ1) is 15.1. The molecule has 0 saturated heterocycles. The van der Waals surface area contributed by atoms with E-state index in [1.54, 1.807) is 0 Å². The van der Waals surface area contributed by atoms with Crippen LogP contribution in [0.2, 0.25) is 0 Å². The molecule has 0 radical (unpaired) electrons. The molecule has 2 aliphatic rings. The van der Waals surface area contributed by atoms with E-state index in [2.05, 4.69) is 44.2 Å². The van der Waals surface area contributed by atoms with Crippen molar-refractivity contribution in [3.05, 3.63) is 35.9 Å². The number of benzene rings is 1. The molecule has 0 spiro atoms. The molecule has 0 heterocycles. The van der Waals surface area contributed by atoms with E-state index < -0.39 is 0 Å². The molecule has 1 N–H and O–H groups in total. The van der Waals surface area contributed by atoms with Gasteiger partial charge in [0.05, 0.1) is 6.10 Å². The van der Waals surface area contributed by atoms with Gasteiger partial charge in [0, 0.05) is 5.41 Å². The van der Waals surface area contributed by atoms with Crippen LogP contribution in [0.5, 0.6) is 0 Å². The van der Waals surface area contributed by atoms with Crippen molar-refractivity contribution < 1.29 is 5.11 Å². The Balaban J connectivity index is 1.87. The van der Waals surface area contributed by atoms with Crippen molar-refractivity contribution in [2.24, 2.45) is 17.8 Å². The fraction of sp³-hybridized carbons (Fsp3) is 0.700. The van der Waals surface area contributed by atoms with Gasteiger partial charge >= 0.3 is 0 Å². The SMILES string of the molecule is CC1CC(C)CC(C(O)C2(c3ccccc3)CCCC2)C1. The van der Waals surface area contributed by atoms with Crippen LogP contribution in [0.3, 0.4) is 0 Å². The highest BCUT2D eigenvalue weighted by molar-refractivity contribution is 5.29. The molecule has 2 aliphatic carbocycles. The van der Waals surface area contributed by atoms with E-state index in [1.165, 1.54) is 37.7 Å². The van der Waals surface area contributed by atoms with Crippen molar-refractivity contribution in [1.82, 2.24) is 0 Å².